The number of nitrogens with zero attached hydrogens (tertiary/aromatic N) is 1. The van der Waals surface area contributed by atoms with Gasteiger partial charge in [0.15, 0.2) is 0 Å². The molecule has 0 N–H and O–H groups in total. The molecule has 0 aliphatic rings. The molecule has 0 amide bonds. The van der Waals surface area contributed by atoms with Gasteiger partial charge in [0.2, 0.25) is 0 Å². The molecule has 0 aliphatic carbocycles. The van der Waals surface area contributed by atoms with Gasteiger partial charge in [-0.15, -0.1) is 0 Å². The summed E-state index contributed by atoms with van der Waals surface area (Å²) in [6.07, 6.45) is 0. The fourth-order valence-corrected chi connectivity index (χ4v) is 7.42. The zero-order chi connectivity index (χ0) is 35.4. The predicted octanol–water partition coefficient (Wildman–Crippen LogP) is 14.6. The second-order valence-electron chi connectivity index (χ2n) is 13.4. The third-order valence-electron chi connectivity index (χ3n) is 10.1. The molecule has 9 rings (SSSR count). The summed E-state index contributed by atoms with van der Waals surface area (Å²) in [6, 6.07) is 80.7. The van der Waals surface area contributed by atoms with E-state index in [9.17, 15) is 0 Å². The molecular weight excluding hydrogens is 639 g/mol. The summed E-state index contributed by atoms with van der Waals surface area (Å²) in [6.45, 7) is 0. The molecule has 0 fully saturated rings. The van der Waals surface area contributed by atoms with Crippen LogP contribution in [0.4, 0.5) is 17.1 Å². The van der Waals surface area contributed by atoms with Crippen molar-refractivity contribution in [2.45, 2.75) is 0 Å². The Kier molecular flexibility index (Phi) is 8.66. The maximum atomic E-state index is 2.35. The maximum absolute atomic E-state index is 2.35. The Bertz CT molecular complexity index is 2620. The number of hydrogen-bond donors (Lipinski definition) is 0. The Balaban J connectivity index is 1.08. The first kappa shape index (κ1) is 32.0. The molecule has 0 radical (unpaired) electrons. The third-order valence-corrected chi connectivity index (χ3v) is 10.1. The third kappa shape index (κ3) is 6.53. The summed E-state index contributed by atoms with van der Waals surface area (Å²) in [5.41, 5.74) is 15.4. The number of fused-ring (bicyclic) bond motifs is 1. The number of hydrogen-bond acceptors (Lipinski definition) is 1. The van der Waals surface area contributed by atoms with Crippen LogP contribution in [0.25, 0.3) is 66.4 Å². The summed E-state index contributed by atoms with van der Waals surface area (Å²) >= 11 is 0. The quantitative estimate of drug-likeness (QED) is 0.155. The van der Waals surface area contributed by atoms with Crippen molar-refractivity contribution in [3.05, 3.63) is 224 Å². The van der Waals surface area contributed by atoms with Gasteiger partial charge in [-0.3, -0.25) is 0 Å². The van der Waals surface area contributed by atoms with E-state index in [2.05, 4.69) is 229 Å². The van der Waals surface area contributed by atoms with Gasteiger partial charge in [-0.05, 0) is 109 Å². The van der Waals surface area contributed by atoms with Crippen molar-refractivity contribution in [2.75, 3.05) is 4.90 Å². The molecule has 53 heavy (non-hydrogen) atoms. The van der Waals surface area contributed by atoms with E-state index in [1.54, 1.807) is 0 Å². The average molecular weight is 676 g/mol. The lowest BCUT2D eigenvalue weighted by molar-refractivity contribution is 1.28. The molecule has 0 heterocycles. The lowest BCUT2D eigenvalue weighted by Gasteiger charge is -2.26. The summed E-state index contributed by atoms with van der Waals surface area (Å²) in [5.74, 6) is 0. The highest BCUT2D eigenvalue weighted by Crippen LogP contribution is 2.39. The zero-order valence-corrected chi connectivity index (χ0v) is 29.3. The molecule has 0 spiro atoms. The van der Waals surface area contributed by atoms with Gasteiger partial charge < -0.3 is 4.90 Å². The molecule has 0 saturated carbocycles. The summed E-state index contributed by atoms with van der Waals surface area (Å²) in [4.78, 5) is 2.35. The van der Waals surface area contributed by atoms with E-state index in [0.29, 0.717) is 0 Å². The highest BCUT2D eigenvalue weighted by Gasteiger charge is 2.15. The molecule has 0 aromatic heterocycles. The smallest absolute Gasteiger partial charge is 0.0462 e. The largest absolute Gasteiger partial charge is 0.311 e. The monoisotopic (exact) mass is 675 g/mol. The topological polar surface area (TPSA) is 3.24 Å². The van der Waals surface area contributed by atoms with Gasteiger partial charge in [-0.25, -0.2) is 0 Å². The Morgan fingerprint density at radius 3 is 1.23 bits per heavy atom. The van der Waals surface area contributed by atoms with E-state index >= 15 is 0 Å². The van der Waals surface area contributed by atoms with Crippen LogP contribution in [0.2, 0.25) is 0 Å². The molecule has 0 atom stereocenters. The molecule has 0 saturated heterocycles. The van der Waals surface area contributed by atoms with Gasteiger partial charge in [0.05, 0.1) is 0 Å². The van der Waals surface area contributed by atoms with Gasteiger partial charge >= 0.3 is 0 Å². The minimum absolute atomic E-state index is 1.10. The molecular formula is C52H37N. The fourth-order valence-electron chi connectivity index (χ4n) is 7.42. The molecule has 0 bridgehead atoms. The molecule has 9 aromatic carbocycles. The standard InChI is InChI=1S/C52H37N/c1-3-13-38(14-4-1)39-25-31-46(32-26-39)53(48-35-29-43(30-36-48)51-23-10-9-22-49(51)41-15-5-2-6-16-41)47-33-27-40(28-34-47)44-19-11-20-45(37-44)52-24-12-18-42-17-7-8-21-50(42)52/h1-37H. The summed E-state index contributed by atoms with van der Waals surface area (Å²) in [5, 5.41) is 2.52. The predicted molar refractivity (Wildman–Crippen MR) is 226 cm³/mol. The van der Waals surface area contributed by atoms with Gasteiger partial charge in [0.25, 0.3) is 0 Å². The van der Waals surface area contributed by atoms with E-state index in [-0.39, 0.29) is 0 Å². The van der Waals surface area contributed by atoms with E-state index < -0.39 is 0 Å². The van der Waals surface area contributed by atoms with Gasteiger partial charge in [-0.1, -0.05) is 182 Å². The second-order valence-corrected chi connectivity index (χ2v) is 13.4. The van der Waals surface area contributed by atoms with Crippen molar-refractivity contribution in [2.24, 2.45) is 0 Å². The van der Waals surface area contributed by atoms with Crippen molar-refractivity contribution >= 4 is 27.8 Å². The first-order valence-electron chi connectivity index (χ1n) is 18.2. The highest BCUT2D eigenvalue weighted by atomic mass is 15.1. The average Bonchev–Trinajstić information content (AvgIpc) is 3.25. The van der Waals surface area contributed by atoms with E-state index in [0.717, 1.165) is 17.1 Å². The SMILES string of the molecule is c1ccc(-c2ccc(N(c3ccc(-c4cccc(-c5cccc6ccccc56)c4)cc3)c3ccc(-c4ccccc4-c4ccccc4)cc3)cc2)cc1. The van der Waals surface area contributed by atoms with Crippen LogP contribution in [-0.4, -0.2) is 0 Å². The van der Waals surface area contributed by atoms with Crippen molar-refractivity contribution in [1.82, 2.24) is 0 Å². The lowest BCUT2D eigenvalue weighted by Crippen LogP contribution is -2.09. The normalized spacial score (nSPS) is 11.0. The molecule has 250 valence electrons. The zero-order valence-electron chi connectivity index (χ0n) is 29.3. The number of anilines is 3. The lowest BCUT2D eigenvalue weighted by atomic mass is 9.94. The van der Waals surface area contributed by atoms with E-state index in [1.165, 1.54) is 66.4 Å². The maximum Gasteiger partial charge on any atom is 0.0462 e. The van der Waals surface area contributed by atoms with Crippen LogP contribution in [0, 0.1) is 0 Å². The van der Waals surface area contributed by atoms with Crippen molar-refractivity contribution in [3.8, 4) is 55.6 Å². The fraction of sp³-hybridized carbons (Fsp3) is 0. The molecule has 1 nitrogen and oxygen atoms in total. The van der Waals surface area contributed by atoms with Crippen LogP contribution < -0.4 is 4.90 Å². The van der Waals surface area contributed by atoms with Crippen LogP contribution in [0.1, 0.15) is 0 Å². The van der Waals surface area contributed by atoms with Crippen molar-refractivity contribution in [1.29, 1.82) is 0 Å². The molecule has 1 heteroatoms. The molecule has 9 aromatic rings. The van der Waals surface area contributed by atoms with E-state index in [1.807, 2.05) is 0 Å². The summed E-state index contributed by atoms with van der Waals surface area (Å²) < 4.78 is 0. The Morgan fingerprint density at radius 1 is 0.226 bits per heavy atom. The molecule has 0 unspecified atom stereocenters. The molecule has 0 aliphatic heterocycles. The van der Waals surface area contributed by atoms with Gasteiger partial charge in [-0.2, -0.15) is 0 Å². The Hall–Kier alpha value is -6.96. The minimum Gasteiger partial charge on any atom is -0.311 e. The number of benzene rings is 9. The second kappa shape index (κ2) is 14.3. The minimum atomic E-state index is 1.10. The summed E-state index contributed by atoms with van der Waals surface area (Å²) in [7, 11) is 0. The van der Waals surface area contributed by atoms with Gasteiger partial charge in [0.1, 0.15) is 0 Å². The van der Waals surface area contributed by atoms with Crippen LogP contribution >= 0.6 is 0 Å². The van der Waals surface area contributed by atoms with Crippen molar-refractivity contribution in [3.63, 3.8) is 0 Å². The van der Waals surface area contributed by atoms with Crippen molar-refractivity contribution < 1.29 is 0 Å². The van der Waals surface area contributed by atoms with Crippen LogP contribution in [0.3, 0.4) is 0 Å². The van der Waals surface area contributed by atoms with Crippen LogP contribution in [0.5, 0.6) is 0 Å². The Morgan fingerprint density at radius 2 is 0.604 bits per heavy atom. The highest BCUT2D eigenvalue weighted by molar-refractivity contribution is 5.97. The van der Waals surface area contributed by atoms with Crippen LogP contribution in [-0.2, 0) is 0 Å². The first-order valence-corrected chi connectivity index (χ1v) is 18.2. The number of rotatable bonds is 8. The van der Waals surface area contributed by atoms with Gasteiger partial charge in [0, 0.05) is 17.1 Å². The first-order chi connectivity index (χ1) is 26.3. The Labute approximate surface area is 311 Å². The van der Waals surface area contributed by atoms with E-state index in [4.69, 9.17) is 0 Å². The van der Waals surface area contributed by atoms with Crippen LogP contribution in [0.15, 0.2) is 224 Å².